The van der Waals surface area contributed by atoms with Crippen LogP contribution in [0.5, 0.6) is 0 Å². The van der Waals surface area contributed by atoms with Crippen molar-refractivity contribution < 1.29 is 33.8 Å². The van der Waals surface area contributed by atoms with E-state index in [0.29, 0.717) is 6.42 Å². The van der Waals surface area contributed by atoms with Crippen molar-refractivity contribution in [2.45, 2.75) is 79.9 Å². The Morgan fingerprint density at radius 2 is 1.58 bits per heavy atom. The Bertz CT molecular complexity index is 920. The lowest BCUT2D eigenvalue weighted by atomic mass is 9.47. The highest BCUT2D eigenvalue weighted by atomic mass is 16.6. The fraction of sp³-hybridized carbons (Fsp3) is 0.667. The summed E-state index contributed by atoms with van der Waals surface area (Å²) in [5.41, 5.74) is -0.875. The van der Waals surface area contributed by atoms with Crippen LogP contribution >= 0.6 is 0 Å². The van der Waals surface area contributed by atoms with Gasteiger partial charge in [0.15, 0.2) is 6.10 Å². The first kappa shape index (κ1) is 23.2. The Balaban J connectivity index is 2.41. The second kappa shape index (κ2) is 7.61. The number of ketones is 2. The van der Waals surface area contributed by atoms with Crippen LogP contribution < -0.4 is 0 Å². The number of carbonyl (C=O) groups excluding carboxylic acids is 4. The standard InChI is InChI=1S/C24H32O7/c1-11(2)14-17(27)15-16(19(29)18(14)28)24(7)10-8-9-23(5,6)22(24)21(31-13(4)26)20(15)30-12(3)25/h11,20-22,27H,8-10H2,1-7H3/t20-,21+,22-,24+/m0/s1. The molecule has 0 unspecified atom stereocenters. The summed E-state index contributed by atoms with van der Waals surface area (Å²) < 4.78 is 11.4. The Morgan fingerprint density at radius 3 is 2.10 bits per heavy atom. The minimum Gasteiger partial charge on any atom is -0.507 e. The maximum absolute atomic E-state index is 13.5. The molecule has 0 aromatic heterocycles. The van der Waals surface area contributed by atoms with E-state index in [1.807, 2.05) is 20.8 Å². The molecule has 7 nitrogen and oxygen atoms in total. The van der Waals surface area contributed by atoms with Gasteiger partial charge in [-0.2, -0.15) is 0 Å². The molecule has 0 radical (unpaired) electrons. The van der Waals surface area contributed by atoms with Crippen LogP contribution in [-0.4, -0.2) is 40.8 Å². The van der Waals surface area contributed by atoms with E-state index in [1.54, 1.807) is 13.8 Å². The highest BCUT2D eigenvalue weighted by molar-refractivity contribution is 6.50. The van der Waals surface area contributed by atoms with Gasteiger partial charge in [0, 0.05) is 41.9 Å². The van der Waals surface area contributed by atoms with E-state index in [2.05, 4.69) is 0 Å². The molecule has 3 rings (SSSR count). The number of fused-ring (bicyclic) bond motifs is 2. The minimum atomic E-state index is -1.17. The molecule has 3 aliphatic carbocycles. The number of esters is 2. The van der Waals surface area contributed by atoms with Gasteiger partial charge in [0.25, 0.3) is 0 Å². The second-order valence-corrected chi connectivity index (χ2v) is 10.2. The summed E-state index contributed by atoms with van der Waals surface area (Å²) in [6, 6.07) is 0. The van der Waals surface area contributed by atoms with Crippen LogP contribution in [0, 0.1) is 22.7 Å². The van der Waals surface area contributed by atoms with Crippen LogP contribution in [0.3, 0.4) is 0 Å². The number of aliphatic hydroxyl groups is 1. The third-order valence-electron chi connectivity index (χ3n) is 7.16. The van der Waals surface area contributed by atoms with Gasteiger partial charge in [-0.15, -0.1) is 0 Å². The molecule has 170 valence electrons. The quantitative estimate of drug-likeness (QED) is 0.412. The fourth-order valence-electron chi connectivity index (χ4n) is 6.25. The molecule has 1 N–H and O–H groups in total. The molecule has 31 heavy (non-hydrogen) atoms. The summed E-state index contributed by atoms with van der Waals surface area (Å²) in [6.45, 7) is 11.9. The van der Waals surface area contributed by atoms with Gasteiger partial charge in [-0.05, 0) is 24.2 Å². The predicted molar refractivity (Wildman–Crippen MR) is 112 cm³/mol. The largest absolute Gasteiger partial charge is 0.507 e. The molecular formula is C24H32O7. The molecule has 1 fully saturated rings. The molecule has 0 bridgehead atoms. The van der Waals surface area contributed by atoms with Crippen molar-refractivity contribution in [2.24, 2.45) is 22.7 Å². The van der Waals surface area contributed by atoms with E-state index in [-0.39, 0.29) is 33.8 Å². The lowest BCUT2D eigenvalue weighted by Gasteiger charge is -2.58. The Hall–Kier alpha value is -2.44. The summed E-state index contributed by atoms with van der Waals surface area (Å²) in [5.74, 6) is -3.69. The van der Waals surface area contributed by atoms with Crippen LogP contribution in [0.4, 0.5) is 0 Å². The van der Waals surface area contributed by atoms with E-state index in [4.69, 9.17) is 9.47 Å². The molecule has 0 saturated heterocycles. The molecule has 0 aromatic carbocycles. The predicted octanol–water partition coefficient (Wildman–Crippen LogP) is 3.61. The van der Waals surface area contributed by atoms with Gasteiger partial charge in [-0.3, -0.25) is 19.2 Å². The third-order valence-corrected chi connectivity index (χ3v) is 7.16. The number of ether oxygens (including phenoxy) is 2. The van der Waals surface area contributed by atoms with Gasteiger partial charge < -0.3 is 14.6 Å². The maximum Gasteiger partial charge on any atom is 0.303 e. The molecule has 0 aromatic rings. The number of Topliss-reactive ketones (excluding diaryl/α,β-unsaturated/α-hetero) is 2. The fourth-order valence-corrected chi connectivity index (χ4v) is 6.25. The first-order valence-corrected chi connectivity index (χ1v) is 10.9. The molecule has 0 amide bonds. The first-order valence-electron chi connectivity index (χ1n) is 10.9. The average Bonchev–Trinajstić information content (AvgIpc) is 2.59. The molecule has 1 saturated carbocycles. The molecule has 4 atom stereocenters. The topological polar surface area (TPSA) is 107 Å². The molecule has 3 aliphatic rings. The van der Waals surface area contributed by atoms with Gasteiger partial charge >= 0.3 is 11.9 Å². The monoisotopic (exact) mass is 432 g/mol. The number of aliphatic hydroxyl groups excluding tert-OH is 1. The van der Waals surface area contributed by atoms with E-state index in [1.165, 1.54) is 13.8 Å². The van der Waals surface area contributed by atoms with Crippen molar-refractivity contribution in [3.8, 4) is 0 Å². The molecule has 0 spiro atoms. The maximum atomic E-state index is 13.5. The van der Waals surface area contributed by atoms with Crippen molar-refractivity contribution in [2.75, 3.05) is 0 Å². The molecular weight excluding hydrogens is 400 g/mol. The van der Waals surface area contributed by atoms with Crippen molar-refractivity contribution in [1.82, 2.24) is 0 Å². The third kappa shape index (κ3) is 3.52. The van der Waals surface area contributed by atoms with E-state index >= 15 is 0 Å². The normalized spacial score (nSPS) is 32.6. The summed E-state index contributed by atoms with van der Waals surface area (Å²) in [5, 5.41) is 11.2. The van der Waals surface area contributed by atoms with Crippen molar-refractivity contribution in [1.29, 1.82) is 0 Å². The molecule has 0 heterocycles. The first-order chi connectivity index (χ1) is 14.2. The minimum absolute atomic E-state index is 0.000373. The second-order valence-electron chi connectivity index (χ2n) is 10.2. The highest BCUT2D eigenvalue weighted by Crippen LogP contribution is 2.62. The van der Waals surface area contributed by atoms with E-state index in [9.17, 15) is 24.3 Å². The number of allylic oxidation sites excluding steroid dienone is 2. The zero-order chi connectivity index (χ0) is 23.5. The summed E-state index contributed by atoms with van der Waals surface area (Å²) in [4.78, 5) is 50.6. The zero-order valence-corrected chi connectivity index (χ0v) is 19.3. The lowest BCUT2D eigenvalue weighted by molar-refractivity contribution is -0.185. The Labute approximate surface area is 182 Å². The smallest absolute Gasteiger partial charge is 0.303 e. The van der Waals surface area contributed by atoms with Gasteiger partial charge in [-0.25, -0.2) is 0 Å². The van der Waals surface area contributed by atoms with Crippen LogP contribution in [0.15, 0.2) is 22.5 Å². The van der Waals surface area contributed by atoms with E-state index in [0.717, 1.165) is 12.8 Å². The highest BCUT2D eigenvalue weighted by Gasteiger charge is 2.63. The number of hydrogen-bond donors (Lipinski definition) is 1. The summed E-state index contributed by atoms with van der Waals surface area (Å²) in [6.07, 6.45) is 0.162. The zero-order valence-electron chi connectivity index (χ0n) is 19.3. The van der Waals surface area contributed by atoms with Crippen molar-refractivity contribution in [3.63, 3.8) is 0 Å². The Kier molecular flexibility index (Phi) is 5.70. The molecule has 0 aliphatic heterocycles. The van der Waals surface area contributed by atoms with Crippen molar-refractivity contribution >= 4 is 23.5 Å². The van der Waals surface area contributed by atoms with Gasteiger partial charge in [0.1, 0.15) is 11.9 Å². The Morgan fingerprint density at radius 1 is 1.00 bits per heavy atom. The number of hydrogen-bond acceptors (Lipinski definition) is 7. The summed E-state index contributed by atoms with van der Waals surface area (Å²) >= 11 is 0. The van der Waals surface area contributed by atoms with E-state index < -0.39 is 47.0 Å². The van der Waals surface area contributed by atoms with Crippen LogP contribution in [0.25, 0.3) is 0 Å². The molecule has 7 heteroatoms. The van der Waals surface area contributed by atoms with Crippen LogP contribution in [0.1, 0.15) is 67.7 Å². The number of carbonyl (C=O) groups is 4. The van der Waals surface area contributed by atoms with Gasteiger partial charge in [0.05, 0.1) is 0 Å². The van der Waals surface area contributed by atoms with Gasteiger partial charge in [0.2, 0.25) is 11.6 Å². The average molecular weight is 433 g/mol. The number of rotatable bonds is 3. The van der Waals surface area contributed by atoms with Gasteiger partial charge in [-0.1, -0.05) is 41.0 Å². The SMILES string of the molecule is CC(=O)O[C@@H]1[C@@H](OC(C)=O)C2=C(C(=O)C(=O)C(C(C)C)=C2O)[C@@]2(C)CCCC(C)(C)[C@H]12. The van der Waals surface area contributed by atoms with Crippen LogP contribution in [0.2, 0.25) is 0 Å². The van der Waals surface area contributed by atoms with Crippen LogP contribution in [-0.2, 0) is 28.7 Å². The van der Waals surface area contributed by atoms with Crippen molar-refractivity contribution in [3.05, 3.63) is 22.5 Å². The lowest BCUT2D eigenvalue weighted by Crippen LogP contribution is -2.61. The summed E-state index contributed by atoms with van der Waals surface area (Å²) in [7, 11) is 0.